The Morgan fingerprint density at radius 1 is 1.22 bits per heavy atom. The van der Waals surface area contributed by atoms with Crippen LogP contribution in [0.25, 0.3) is 11.1 Å². The molecule has 1 N–H and O–H groups in total. The second-order valence-electron chi connectivity index (χ2n) is 6.69. The van der Waals surface area contributed by atoms with E-state index in [4.69, 9.17) is 11.6 Å². The van der Waals surface area contributed by atoms with E-state index in [1.807, 2.05) is 4.90 Å². The number of halogens is 2. The van der Waals surface area contributed by atoms with Gasteiger partial charge in [0.25, 0.3) is 5.91 Å². The zero-order chi connectivity index (χ0) is 18.8. The van der Waals surface area contributed by atoms with Gasteiger partial charge in [-0.2, -0.15) is 5.10 Å². The van der Waals surface area contributed by atoms with Crippen molar-refractivity contribution in [3.63, 3.8) is 0 Å². The van der Waals surface area contributed by atoms with Gasteiger partial charge < -0.3 is 4.90 Å². The summed E-state index contributed by atoms with van der Waals surface area (Å²) in [7, 11) is 0. The monoisotopic (exact) mass is 384 g/mol. The first-order valence-electron chi connectivity index (χ1n) is 8.81. The summed E-state index contributed by atoms with van der Waals surface area (Å²) < 4.78 is 13.2. The minimum absolute atomic E-state index is 0.0717. The van der Waals surface area contributed by atoms with E-state index in [-0.39, 0.29) is 17.6 Å². The van der Waals surface area contributed by atoms with Crippen LogP contribution in [-0.2, 0) is 0 Å². The molecule has 2 aromatic heterocycles. The van der Waals surface area contributed by atoms with Crippen LogP contribution in [0.2, 0.25) is 5.02 Å². The lowest BCUT2D eigenvalue weighted by Gasteiger charge is -2.32. The molecule has 0 aliphatic carbocycles. The van der Waals surface area contributed by atoms with Gasteiger partial charge in [-0.25, -0.2) is 4.39 Å². The molecule has 1 atom stereocenters. The third kappa shape index (κ3) is 3.71. The van der Waals surface area contributed by atoms with Gasteiger partial charge >= 0.3 is 0 Å². The molecule has 0 bridgehead atoms. The maximum absolute atomic E-state index is 13.2. The molecule has 1 saturated heterocycles. The number of benzene rings is 1. The van der Waals surface area contributed by atoms with Gasteiger partial charge in [-0.05, 0) is 36.6 Å². The Balaban J connectivity index is 1.56. The summed E-state index contributed by atoms with van der Waals surface area (Å²) in [6, 6.07) is 8.00. The highest BCUT2D eigenvalue weighted by atomic mass is 35.5. The molecule has 5 nitrogen and oxygen atoms in total. The molecule has 0 spiro atoms. The van der Waals surface area contributed by atoms with Crippen LogP contribution in [-0.4, -0.2) is 39.1 Å². The first-order valence-corrected chi connectivity index (χ1v) is 9.18. The summed E-state index contributed by atoms with van der Waals surface area (Å²) in [5, 5.41) is 7.71. The van der Waals surface area contributed by atoms with Crippen LogP contribution in [0.1, 0.15) is 34.8 Å². The molecule has 138 valence electrons. The quantitative estimate of drug-likeness (QED) is 0.733. The van der Waals surface area contributed by atoms with E-state index in [9.17, 15) is 9.18 Å². The molecular weight excluding hydrogens is 367 g/mol. The van der Waals surface area contributed by atoms with Crippen molar-refractivity contribution in [1.29, 1.82) is 0 Å². The third-order valence-corrected chi connectivity index (χ3v) is 5.10. The fourth-order valence-electron chi connectivity index (χ4n) is 3.58. The number of hydrogen-bond acceptors (Lipinski definition) is 3. The molecule has 7 heteroatoms. The van der Waals surface area contributed by atoms with Gasteiger partial charge in [0.05, 0.1) is 16.8 Å². The number of piperidine rings is 1. The van der Waals surface area contributed by atoms with Crippen LogP contribution in [0.3, 0.4) is 0 Å². The Bertz CT molecular complexity index is 957. The predicted molar refractivity (Wildman–Crippen MR) is 101 cm³/mol. The van der Waals surface area contributed by atoms with Crippen molar-refractivity contribution in [3.8, 4) is 11.1 Å². The Kier molecular flexibility index (Phi) is 4.90. The van der Waals surface area contributed by atoms with Gasteiger partial charge in [0.15, 0.2) is 0 Å². The number of likely N-dealkylation sites (tertiary alicyclic amines) is 1. The summed E-state index contributed by atoms with van der Waals surface area (Å²) in [5.41, 5.74) is 3.32. The van der Waals surface area contributed by atoms with Gasteiger partial charge in [0.1, 0.15) is 5.82 Å². The van der Waals surface area contributed by atoms with E-state index >= 15 is 0 Å². The maximum Gasteiger partial charge on any atom is 0.255 e. The second-order valence-corrected chi connectivity index (χ2v) is 7.12. The highest BCUT2D eigenvalue weighted by Gasteiger charge is 2.28. The SMILES string of the molecule is O=C(c1cncc(Cl)c1)N1CCC[C@@H](c2[nH]ncc2-c2ccc(F)cc2)C1. The van der Waals surface area contributed by atoms with Crippen molar-refractivity contribution in [1.82, 2.24) is 20.1 Å². The van der Waals surface area contributed by atoms with Crippen molar-refractivity contribution in [2.45, 2.75) is 18.8 Å². The minimum Gasteiger partial charge on any atom is -0.338 e. The zero-order valence-corrected chi connectivity index (χ0v) is 15.3. The summed E-state index contributed by atoms with van der Waals surface area (Å²) >= 11 is 5.96. The number of carbonyl (C=O) groups excluding carboxylic acids is 1. The van der Waals surface area contributed by atoms with Gasteiger partial charge in [-0.1, -0.05) is 23.7 Å². The largest absolute Gasteiger partial charge is 0.338 e. The summed E-state index contributed by atoms with van der Waals surface area (Å²) in [6.07, 6.45) is 6.65. The number of nitrogens with one attached hydrogen (secondary N) is 1. The number of aromatic nitrogens is 3. The van der Waals surface area contributed by atoms with Crippen molar-refractivity contribution < 1.29 is 9.18 Å². The fraction of sp³-hybridized carbons (Fsp3) is 0.250. The molecule has 0 unspecified atom stereocenters. The first kappa shape index (κ1) is 17.7. The van der Waals surface area contributed by atoms with E-state index < -0.39 is 0 Å². The summed E-state index contributed by atoms with van der Waals surface area (Å²) in [6.45, 7) is 1.28. The van der Waals surface area contributed by atoms with Gasteiger partial charge in [-0.3, -0.25) is 14.9 Å². The zero-order valence-electron chi connectivity index (χ0n) is 14.5. The van der Waals surface area contributed by atoms with Crippen molar-refractivity contribution >= 4 is 17.5 Å². The van der Waals surface area contributed by atoms with Crippen molar-refractivity contribution in [3.05, 3.63) is 71.0 Å². The number of aromatic amines is 1. The number of carbonyl (C=O) groups is 1. The molecule has 1 amide bonds. The standard InChI is InChI=1S/C20H18ClFN4O/c21-16-8-15(9-23-10-16)20(27)26-7-1-2-14(12-26)19-18(11-24-25-19)13-3-5-17(22)6-4-13/h3-6,8-11,14H,1-2,7,12H2,(H,24,25)/t14-/m1/s1. The Morgan fingerprint density at radius 2 is 2.04 bits per heavy atom. The van der Waals surface area contributed by atoms with Crippen LogP contribution in [0.5, 0.6) is 0 Å². The smallest absolute Gasteiger partial charge is 0.255 e. The molecular formula is C20H18ClFN4O. The Morgan fingerprint density at radius 3 is 2.81 bits per heavy atom. The molecule has 1 aliphatic rings. The van der Waals surface area contributed by atoms with E-state index in [1.54, 1.807) is 24.4 Å². The fourth-order valence-corrected chi connectivity index (χ4v) is 3.75. The molecule has 4 rings (SSSR count). The van der Waals surface area contributed by atoms with Gasteiger partial charge in [0, 0.05) is 42.7 Å². The minimum atomic E-state index is -0.270. The Labute approximate surface area is 161 Å². The normalized spacial score (nSPS) is 17.1. The summed E-state index contributed by atoms with van der Waals surface area (Å²) in [5.74, 6) is -0.205. The number of H-pyrrole nitrogens is 1. The van der Waals surface area contributed by atoms with E-state index in [0.29, 0.717) is 23.7 Å². The lowest BCUT2D eigenvalue weighted by molar-refractivity contribution is 0.0705. The lowest BCUT2D eigenvalue weighted by Crippen LogP contribution is -2.39. The van der Waals surface area contributed by atoms with Crippen LogP contribution in [0.4, 0.5) is 4.39 Å². The number of hydrogen-bond donors (Lipinski definition) is 1. The Hall–Kier alpha value is -2.73. The molecule has 0 saturated carbocycles. The van der Waals surface area contributed by atoms with E-state index in [0.717, 1.165) is 29.7 Å². The van der Waals surface area contributed by atoms with E-state index in [2.05, 4.69) is 15.2 Å². The average Bonchev–Trinajstić information content (AvgIpc) is 3.18. The molecule has 1 aliphatic heterocycles. The average molecular weight is 385 g/mol. The lowest BCUT2D eigenvalue weighted by atomic mass is 9.90. The van der Waals surface area contributed by atoms with Crippen LogP contribution < -0.4 is 0 Å². The maximum atomic E-state index is 13.2. The van der Waals surface area contributed by atoms with Crippen LogP contribution >= 0.6 is 11.6 Å². The number of nitrogens with zero attached hydrogens (tertiary/aromatic N) is 3. The first-order chi connectivity index (χ1) is 13.1. The van der Waals surface area contributed by atoms with Crippen LogP contribution in [0.15, 0.2) is 48.9 Å². The second kappa shape index (κ2) is 7.48. The van der Waals surface area contributed by atoms with Gasteiger partial charge in [-0.15, -0.1) is 0 Å². The van der Waals surface area contributed by atoms with Crippen LogP contribution in [0, 0.1) is 5.82 Å². The molecule has 1 aromatic carbocycles. The third-order valence-electron chi connectivity index (χ3n) is 4.89. The molecule has 3 aromatic rings. The highest BCUT2D eigenvalue weighted by Crippen LogP contribution is 2.33. The topological polar surface area (TPSA) is 61.9 Å². The molecule has 27 heavy (non-hydrogen) atoms. The molecule has 0 radical (unpaired) electrons. The number of rotatable bonds is 3. The molecule has 1 fully saturated rings. The van der Waals surface area contributed by atoms with E-state index in [1.165, 1.54) is 24.5 Å². The number of amides is 1. The number of pyridine rings is 1. The van der Waals surface area contributed by atoms with Gasteiger partial charge in [0.2, 0.25) is 0 Å². The summed E-state index contributed by atoms with van der Waals surface area (Å²) in [4.78, 5) is 18.7. The van der Waals surface area contributed by atoms with Crippen molar-refractivity contribution in [2.24, 2.45) is 0 Å². The highest BCUT2D eigenvalue weighted by molar-refractivity contribution is 6.30. The molecule has 3 heterocycles. The van der Waals surface area contributed by atoms with Crippen molar-refractivity contribution in [2.75, 3.05) is 13.1 Å². The predicted octanol–water partition coefficient (Wildman–Crippen LogP) is 4.28.